The Balaban J connectivity index is 1.59. The van der Waals surface area contributed by atoms with Gasteiger partial charge < -0.3 is 75.1 Å². The van der Waals surface area contributed by atoms with Crippen LogP contribution < -0.4 is 0 Å². The van der Waals surface area contributed by atoms with Crippen LogP contribution in [0.15, 0.2) is 36.4 Å². The molecule has 0 aromatic heterocycles. The van der Waals surface area contributed by atoms with Gasteiger partial charge >= 0.3 is 17.9 Å². The molecule has 1 saturated heterocycles. The van der Waals surface area contributed by atoms with E-state index in [9.17, 15) is 70.6 Å². The Bertz CT molecular complexity index is 1580. The number of phenols is 9. The number of esters is 3. The second-order valence-corrected chi connectivity index (χ2v) is 9.49. The highest BCUT2D eigenvalue weighted by Crippen LogP contribution is 2.38. The topological polar surface area (TPSA) is 311 Å². The molecule has 1 aliphatic heterocycles. The number of rotatable bonds is 7. The van der Waals surface area contributed by atoms with Crippen LogP contribution in [0.4, 0.5) is 0 Å². The fourth-order valence-electron chi connectivity index (χ4n) is 4.06. The van der Waals surface area contributed by atoms with Gasteiger partial charge in [0.2, 0.25) is 6.29 Å². The predicted octanol–water partition coefficient (Wildman–Crippen LogP) is -0.277. The van der Waals surface area contributed by atoms with Crippen molar-refractivity contribution in [2.75, 3.05) is 6.61 Å². The minimum atomic E-state index is -2.18. The van der Waals surface area contributed by atoms with Gasteiger partial charge in [-0.05, 0) is 36.4 Å². The van der Waals surface area contributed by atoms with Crippen LogP contribution in [0.25, 0.3) is 0 Å². The summed E-state index contributed by atoms with van der Waals surface area (Å²) in [5.41, 5.74) is -1.60. The van der Waals surface area contributed by atoms with Crippen molar-refractivity contribution in [2.24, 2.45) is 0 Å². The molecule has 240 valence electrons. The summed E-state index contributed by atoms with van der Waals surface area (Å²) < 4.78 is 20.7. The highest BCUT2D eigenvalue weighted by atomic mass is 16.7. The van der Waals surface area contributed by atoms with Gasteiger partial charge in [-0.1, -0.05) is 0 Å². The fraction of sp³-hybridized carbons (Fsp3) is 0.222. The Morgan fingerprint density at radius 2 is 0.911 bits per heavy atom. The average Bonchev–Trinajstić information content (AvgIpc) is 2.99. The summed E-state index contributed by atoms with van der Waals surface area (Å²) in [5, 5.41) is 108. The van der Waals surface area contributed by atoms with E-state index >= 15 is 0 Å². The van der Waals surface area contributed by atoms with E-state index in [2.05, 4.69) is 0 Å². The highest BCUT2D eigenvalue weighted by molar-refractivity contribution is 5.92. The second-order valence-electron chi connectivity index (χ2n) is 9.49. The molecule has 3 aromatic carbocycles. The summed E-state index contributed by atoms with van der Waals surface area (Å²) in [6.07, 6.45) is -10.1. The highest BCUT2D eigenvalue weighted by Gasteiger charge is 2.49. The van der Waals surface area contributed by atoms with Crippen molar-refractivity contribution in [3.05, 3.63) is 53.1 Å². The molecule has 0 radical (unpaired) electrons. The number of aromatic hydroxyl groups is 9. The number of ether oxygens (including phenoxy) is 4. The van der Waals surface area contributed by atoms with E-state index in [0.717, 1.165) is 12.1 Å². The number of phenolic OH excluding ortho intramolecular Hbond substituents is 9. The molecule has 18 nitrogen and oxygen atoms in total. The molecule has 45 heavy (non-hydrogen) atoms. The summed E-state index contributed by atoms with van der Waals surface area (Å²) in [6.45, 7) is -0.941. The molecule has 4 rings (SSSR count). The fourth-order valence-corrected chi connectivity index (χ4v) is 4.06. The molecule has 0 spiro atoms. The first-order valence-electron chi connectivity index (χ1n) is 12.4. The molecule has 0 bridgehead atoms. The number of hydrogen-bond acceptors (Lipinski definition) is 18. The van der Waals surface area contributed by atoms with Gasteiger partial charge in [-0.25, -0.2) is 14.4 Å². The molecule has 11 N–H and O–H groups in total. The molecule has 0 amide bonds. The van der Waals surface area contributed by atoms with Crippen molar-refractivity contribution >= 4 is 17.9 Å². The minimum absolute atomic E-state index is 0.488. The Morgan fingerprint density at radius 1 is 0.556 bits per heavy atom. The van der Waals surface area contributed by atoms with Crippen molar-refractivity contribution < 1.29 is 89.5 Å². The summed E-state index contributed by atoms with van der Waals surface area (Å²) in [6, 6.07) is 4.22. The molecule has 0 saturated carbocycles. The lowest BCUT2D eigenvalue weighted by Crippen LogP contribution is -2.61. The average molecular weight is 636 g/mol. The van der Waals surface area contributed by atoms with Crippen molar-refractivity contribution in [1.82, 2.24) is 0 Å². The van der Waals surface area contributed by atoms with E-state index in [4.69, 9.17) is 18.9 Å². The number of hydrogen-bond donors (Lipinski definition) is 11. The molecule has 1 fully saturated rings. The quantitative estimate of drug-likeness (QED) is 0.0902. The number of benzene rings is 3. The lowest BCUT2D eigenvalue weighted by Gasteiger charge is -2.41. The van der Waals surface area contributed by atoms with Crippen molar-refractivity contribution in [3.8, 4) is 51.7 Å². The van der Waals surface area contributed by atoms with Gasteiger partial charge in [0.15, 0.2) is 57.8 Å². The van der Waals surface area contributed by atoms with Crippen LogP contribution in [0.3, 0.4) is 0 Å². The van der Waals surface area contributed by atoms with Gasteiger partial charge in [-0.15, -0.1) is 0 Å². The van der Waals surface area contributed by atoms with Gasteiger partial charge in [0.25, 0.3) is 0 Å². The van der Waals surface area contributed by atoms with E-state index in [0.29, 0.717) is 24.3 Å². The third kappa shape index (κ3) is 6.56. The van der Waals surface area contributed by atoms with Gasteiger partial charge in [0.05, 0.1) is 16.7 Å². The van der Waals surface area contributed by atoms with Crippen LogP contribution in [0.5, 0.6) is 51.7 Å². The van der Waals surface area contributed by atoms with Crippen molar-refractivity contribution in [1.29, 1.82) is 0 Å². The van der Waals surface area contributed by atoms with Gasteiger partial charge in [-0.3, -0.25) is 0 Å². The lowest BCUT2D eigenvalue weighted by molar-refractivity contribution is -0.284. The maximum absolute atomic E-state index is 12.8. The number of aliphatic hydroxyl groups is 2. The Kier molecular flexibility index (Phi) is 8.84. The van der Waals surface area contributed by atoms with Crippen LogP contribution in [0.2, 0.25) is 0 Å². The molecule has 1 aliphatic rings. The zero-order valence-electron chi connectivity index (χ0n) is 22.3. The maximum Gasteiger partial charge on any atom is 0.340 e. The SMILES string of the molecule is O=C(OC[C@H]1O[C@@H](OC(=O)c2cc(O)c(O)c(O)c2)[C@H](O)[C@@H](O)[C@@H]1OC(=O)c1cc(O)c(O)c(O)c1)c1cc(O)c(O)c(O)c1. The van der Waals surface area contributed by atoms with Crippen LogP contribution >= 0.6 is 0 Å². The van der Waals surface area contributed by atoms with E-state index in [1.54, 1.807) is 0 Å². The number of carbonyl (C=O) groups excluding carboxylic acids is 3. The van der Waals surface area contributed by atoms with Crippen molar-refractivity contribution in [3.63, 3.8) is 0 Å². The third-order valence-corrected chi connectivity index (χ3v) is 6.40. The Morgan fingerprint density at radius 3 is 1.31 bits per heavy atom. The normalized spacial score (nSPS) is 21.1. The standard InChI is InChI=1S/C27H24O18/c28-11-1-8(2-12(29)18(11)34)24(39)42-7-17-23(44-25(40)9-3-13(30)19(35)14(31)4-9)21(37)22(38)27(43-17)45-26(41)10-5-15(32)20(36)16(33)6-10/h1-6,17,21-23,27-38H,7H2/t17-,21-,22-,23-,27+/m1/s1. The Hall–Kier alpha value is -5.85. The van der Waals surface area contributed by atoms with Crippen LogP contribution in [0, 0.1) is 0 Å². The summed E-state index contributed by atoms with van der Waals surface area (Å²) in [7, 11) is 0. The molecule has 18 heteroatoms. The zero-order chi connectivity index (χ0) is 33.3. The number of aliphatic hydroxyl groups excluding tert-OH is 2. The van der Waals surface area contributed by atoms with E-state index in [-0.39, 0.29) is 0 Å². The predicted molar refractivity (Wildman–Crippen MR) is 140 cm³/mol. The van der Waals surface area contributed by atoms with E-state index < -0.39 is 124 Å². The molecular formula is C27H24O18. The van der Waals surface area contributed by atoms with Crippen LogP contribution in [-0.2, 0) is 18.9 Å². The molecule has 5 atom stereocenters. The Labute approximate surface area is 249 Å². The molecule has 0 aliphatic carbocycles. The minimum Gasteiger partial charge on any atom is -0.504 e. The summed E-state index contributed by atoms with van der Waals surface area (Å²) >= 11 is 0. The first-order chi connectivity index (χ1) is 21.1. The van der Waals surface area contributed by atoms with Crippen LogP contribution in [0.1, 0.15) is 31.1 Å². The van der Waals surface area contributed by atoms with E-state index in [1.807, 2.05) is 0 Å². The largest absolute Gasteiger partial charge is 0.504 e. The monoisotopic (exact) mass is 636 g/mol. The lowest BCUT2D eigenvalue weighted by atomic mass is 9.98. The van der Waals surface area contributed by atoms with Gasteiger partial charge in [0.1, 0.15) is 24.9 Å². The van der Waals surface area contributed by atoms with Gasteiger partial charge in [-0.2, -0.15) is 0 Å². The zero-order valence-corrected chi connectivity index (χ0v) is 22.3. The summed E-state index contributed by atoms with van der Waals surface area (Å²) in [4.78, 5) is 38.1. The van der Waals surface area contributed by atoms with E-state index in [1.165, 1.54) is 0 Å². The molecular weight excluding hydrogens is 612 g/mol. The van der Waals surface area contributed by atoms with Crippen molar-refractivity contribution in [2.45, 2.75) is 30.7 Å². The first kappa shape index (κ1) is 32.1. The van der Waals surface area contributed by atoms with Crippen LogP contribution in [-0.4, -0.2) is 111 Å². The molecule has 0 unspecified atom stereocenters. The van der Waals surface area contributed by atoms with Gasteiger partial charge in [0, 0.05) is 0 Å². The third-order valence-electron chi connectivity index (χ3n) is 6.40. The summed E-state index contributed by atoms with van der Waals surface area (Å²) in [5.74, 6) is -12.3. The number of carbonyl (C=O) groups is 3. The maximum atomic E-state index is 12.8. The molecule has 1 heterocycles. The first-order valence-corrected chi connectivity index (χ1v) is 12.4. The molecule has 3 aromatic rings. The second kappa shape index (κ2) is 12.4. The smallest absolute Gasteiger partial charge is 0.340 e.